The van der Waals surface area contributed by atoms with Gasteiger partial charge in [0.1, 0.15) is 48.3 Å². The molecule has 82 heavy (non-hydrogen) atoms. The molecule has 0 bridgehead atoms. The number of anilines is 1. The molecule has 2 saturated heterocycles. The second kappa shape index (κ2) is 30.3. The lowest BCUT2D eigenvalue weighted by atomic mass is 9.91. The SMILES string of the molecule is O=C([O-])C(F)(F)F.O=C([O-])C(F)(F)F.[NH3+]C[C@@H](C(=O)NCCC(=O)Nc1cc(C[n+]2cccc(/C=C/C(=O)NCCCCC3CCN(C(=O)c4cccc(O)c4)CC3)c2)ccc1O[C@@H]1O[C@H](C(=O)O)[C@@H](O)[C@H](O)[C@H]1O)N1C(=O)C=CC1=O. The third-order valence-corrected chi connectivity index (χ3v) is 12.2. The summed E-state index contributed by atoms with van der Waals surface area (Å²) < 4.78 is 76.0. The molecule has 0 saturated carbocycles. The number of hydrogen-bond donors (Lipinski definition) is 9. The van der Waals surface area contributed by atoms with Crippen molar-refractivity contribution in [2.45, 2.75) is 94.2 Å². The molecule has 0 radical (unpaired) electrons. The van der Waals surface area contributed by atoms with E-state index >= 15 is 0 Å². The molecule has 0 unspecified atom stereocenters. The maximum atomic E-state index is 13.3. The lowest BCUT2D eigenvalue weighted by Gasteiger charge is -2.38. The van der Waals surface area contributed by atoms with Gasteiger partial charge in [-0.2, -0.15) is 26.3 Å². The van der Waals surface area contributed by atoms with E-state index in [-0.39, 0.29) is 55.1 Å². The molecule has 11 N–H and O–H groups in total. The quantitative estimate of drug-likeness (QED) is 0.0185. The Morgan fingerprint density at radius 1 is 0.841 bits per heavy atom. The van der Waals surface area contributed by atoms with E-state index in [4.69, 9.17) is 29.3 Å². The number of pyridine rings is 1. The predicted octanol–water partition coefficient (Wildman–Crippen LogP) is -2.57. The smallest absolute Gasteiger partial charge is 0.430 e. The number of amides is 6. The molecule has 3 aromatic rings. The van der Waals surface area contributed by atoms with Crippen LogP contribution in [-0.4, -0.2) is 171 Å². The van der Waals surface area contributed by atoms with Crippen LogP contribution in [0.3, 0.4) is 0 Å². The summed E-state index contributed by atoms with van der Waals surface area (Å²) in [6, 6.07) is 13.4. The fourth-order valence-electron chi connectivity index (χ4n) is 8.07. The highest BCUT2D eigenvalue weighted by atomic mass is 19.4. The highest BCUT2D eigenvalue weighted by molar-refractivity contribution is 6.15. The molecule has 25 nitrogen and oxygen atoms in total. The first-order valence-electron chi connectivity index (χ1n) is 24.7. The van der Waals surface area contributed by atoms with Crippen molar-refractivity contribution < 1.29 is 125 Å². The van der Waals surface area contributed by atoms with Crippen molar-refractivity contribution in [2.24, 2.45) is 5.92 Å². The number of phenolic OH excluding ortho intramolecular Hbond substituents is 1. The Labute approximate surface area is 461 Å². The highest BCUT2D eigenvalue weighted by Crippen LogP contribution is 2.31. The van der Waals surface area contributed by atoms with Crippen molar-refractivity contribution >= 4 is 65.1 Å². The average Bonchev–Trinajstić information content (AvgIpc) is 3.93. The summed E-state index contributed by atoms with van der Waals surface area (Å²) in [5.74, 6) is -10.2. The van der Waals surface area contributed by atoms with Gasteiger partial charge in [-0.15, -0.1) is 0 Å². The van der Waals surface area contributed by atoms with E-state index in [1.807, 2.05) is 15.5 Å². The summed E-state index contributed by atoms with van der Waals surface area (Å²) in [5, 5.41) is 76.0. The van der Waals surface area contributed by atoms with Crippen molar-refractivity contribution in [2.75, 3.05) is 38.0 Å². The summed E-state index contributed by atoms with van der Waals surface area (Å²) >= 11 is 0. The van der Waals surface area contributed by atoms with Crippen LogP contribution >= 0.6 is 0 Å². The fraction of sp³-hybridized carbons (Fsp3) is 0.412. The zero-order valence-corrected chi connectivity index (χ0v) is 43.0. The lowest BCUT2D eigenvalue weighted by molar-refractivity contribution is -0.688. The van der Waals surface area contributed by atoms with E-state index in [2.05, 4.69) is 21.7 Å². The molecule has 2 aromatic carbocycles. The molecule has 6 amide bonds. The first kappa shape index (κ1) is 66.0. The lowest BCUT2D eigenvalue weighted by Crippen LogP contribution is -2.65. The molecule has 2 fully saturated rings. The number of carbonyl (C=O) groups excluding carboxylic acids is 8. The molecule has 6 atom stereocenters. The van der Waals surface area contributed by atoms with Crippen LogP contribution in [0.25, 0.3) is 6.08 Å². The number of unbranched alkanes of at least 4 members (excludes halogenated alkanes) is 1. The number of alkyl halides is 6. The van der Waals surface area contributed by atoms with Gasteiger partial charge < -0.3 is 81.4 Å². The molecule has 3 aliphatic heterocycles. The van der Waals surface area contributed by atoms with Crippen molar-refractivity contribution in [1.29, 1.82) is 0 Å². The van der Waals surface area contributed by atoms with Gasteiger partial charge in [-0.3, -0.25) is 33.7 Å². The average molecular weight is 1170 g/mol. The van der Waals surface area contributed by atoms with Gasteiger partial charge in [0, 0.05) is 73.6 Å². The van der Waals surface area contributed by atoms with Crippen molar-refractivity contribution in [1.82, 2.24) is 20.4 Å². The van der Waals surface area contributed by atoms with Gasteiger partial charge in [-0.05, 0) is 73.7 Å². The van der Waals surface area contributed by atoms with Gasteiger partial charge in [0.25, 0.3) is 17.7 Å². The van der Waals surface area contributed by atoms with Gasteiger partial charge in [0.15, 0.2) is 31.1 Å². The topological polar surface area (TPSA) is 393 Å². The second-order valence-corrected chi connectivity index (χ2v) is 18.2. The van der Waals surface area contributed by atoms with E-state index in [0.717, 1.165) is 49.2 Å². The van der Waals surface area contributed by atoms with E-state index in [9.17, 15) is 85.4 Å². The number of piperidine rings is 1. The minimum absolute atomic E-state index is 0.0358. The van der Waals surface area contributed by atoms with Crippen LogP contribution < -0.4 is 41.2 Å². The maximum Gasteiger partial charge on any atom is 0.430 e. The minimum Gasteiger partial charge on any atom is -0.542 e. The number of aliphatic hydroxyl groups is 3. The molecule has 446 valence electrons. The summed E-state index contributed by atoms with van der Waals surface area (Å²) in [5.41, 5.74) is 5.49. The highest BCUT2D eigenvalue weighted by Gasteiger charge is 2.48. The van der Waals surface area contributed by atoms with Crippen molar-refractivity contribution in [3.63, 3.8) is 0 Å². The Balaban J connectivity index is 0.000000914. The Kier molecular flexibility index (Phi) is 24.4. The molecule has 4 heterocycles. The van der Waals surface area contributed by atoms with Crippen LogP contribution in [-0.2, 0) is 49.6 Å². The third kappa shape index (κ3) is 20.2. The third-order valence-electron chi connectivity index (χ3n) is 12.2. The molecular weight excluding hydrogens is 1110 g/mol. The number of carbonyl (C=O) groups is 9. The Bertz CT molecular complexity index is 2800. The number of aliphatic carboxylic acids is 3. The first-order valence-corrected chi connectivity index (χ1v) is 24.7. The number of carboxylic acids is 3. The van der Waals surface area contributed by atoms with Gasteiger partial charge >= 0.3 is 18.3 Å². The Morgan fingerprint density at radius 3 is 2.06 bits per heavy atom. The number of ether oxygens (including phenoxy) is 2. The molecule has 6 rings (SSSR count). The van der Waals surface area contributed by atoms with Gasteiger partial charge in [0.05, 0.1) is 5.69 Å². The van der Waals surface area contributed by atoms with Gasteiger partial charge in [0.2, 0.25) is 24.0 Å². The van der Waals surface area contributed by atoms with Crippen LogP contribution in [0.1, 0.15) is 60.0 Å². The number of rotatable bonds is 20. The number of quaternary nitrogens is 1. The molecule has 0 spiro atoms. The molecular formula is C51H57F6N7O18. The van der Waals surface area contributed by atoms with Crippen LogP contribution in [0.5, 0.6) is 11.5 Å². The van der Waals surface area contributed by atoms with Gasteiger partial charge in [-0.1, -0.05) is 18.9 Å². The van der Waals surface area contributed by atoms with Crippen LogP contribution in [0.4, 0.5) is 32.0 Å². The van der Waals surface area contributed by atoms with Crippen LogP contribution in [0.15, 0.2) is 85.2 Å². The predicted molar refractivity (Wildman–Crippen MR) is 261 cm³/mol. The number of aliphatic hydroxyl groups excluding tert-OH is 3. The maximum absolute atomic E-state index is 13.3. The van der Waals surface area contributed by atoms with Crippen LogP contribution in [0.2, 0.25) is 0 Å². The number of benzene rings is 2. The van der Waals surface area contributed by atoms with Crippen molar-refractivity contribution in [3.05, 3.63) is 102 Å². The molecule has 3 aliphatic rings. The summed E-state index contributed by atoms with van der Waals surface area (Å²) in [6.07, 6.45) is -6.92. The number of likely N-dealkylation sites (tertiary alicyclic amines) is 1. The van der Waals surface area contributed by atoms with Crippen molar-refractivity contribution in [3.8, 4) is 11.5 Å². The zero-order chi connectivity index (χ0) is 61.1. The zero-order valence-electron chi connectivity index (χ0n) is 43.0. The summed E-state index contributed by atoms with van der Waals surface area (Å²) in [7, 11) is 0. The van der Waals surface area contributed by atoms with Crippen LogP contribution in [0, 0.1) is 5.92 Å². The number of phenols is 1. The first-order chi connectivity index (χ1) is 38.5. The number of aromatic hydroxyl groups is 1. The molecule has 0 aliphatic carbocycles. The number of nitrogens with one attached hydrogen (secondary N) is 3. The number of aromatic nitrogens is 1. The molecule has 31 heteroatoms. The number of imide groups is 1. The molecule has 1 aromatic heterocycles. The number of carboxylic acid groups (broad SMARTS) is 3. The van der Waals surface area contributed by atoms with Gasteiger partial charge in [-0.25, -0.2) is 9.36 Å². The van der Waals surface area contributed by atoms with E-state index in [1.165, 1.54) is 24.3 Å². The van der Waals surface area contributed by atoms with E-state index < -0.39 is 90.6 Å². The number of halogens is 6. The normalized spacial score (nSPS) is 19.5. The minimum atomic E-state index is -5.19. The monoisotopic (exact) mass is 1170 g/mol. The summed E-state index contributed by atoms with van der Waals surface area (Å²) in [4.78, 5) is 108. The van der Waals surface area contributed by atoms with E-state index in [0.29, 0.717) is 42.2 Å². The largest absolute Gasteiger partial charge is 0.542 e. The van der Waals surface area contributed by atoms with E-state index in [1.54, 1.807) is 48.8 Å². The standard InChI is InChI=1S/C47H55N7O14.2C2HF3O2/c48-25-34(54-38(58)13-14-39(54)59)44(63)50-19-15-37(57)51-33-23-30(9-11-35(33)67-47-42(62)40(60)41(61)43(68-47)46(65)66)27-52-20-4-6-29(26-52)10-12-36(56)49-18-2-1-5-28-16-21-53(22-17-28)45(64)31-7-3-8-32(55)24-31;2*3-2(4,5)1(6)7/h3-4,6-14,20,23-24,26,28,34,40-43,47,60-62H,1-2,5,15-19,21-22,25,27,48H2,(H4-,49,50,51,55,56,57,63,65,66);2*(H,6,7)/b12-10+;;/t34-,40-,41-,42+,43-,47+;;/m0../s1. The Hall–Kier alpha value is -8.52. The fourth-order valence-corrected chi connectivity index (χ4v) is 8.07. The second-order valence-electron chi connectivity index (χ2n) is 18.2. The number of hydrogen-bond acceptors (Lipinski definition) is 17. The Morgan fingerprint density at radius 2 is 1.48 bits per heavy atom. The number of nitrogens with zero attached hydrogens (tertiary/aromatic N) is 3. The summed E-state index contributed by atoms with van der Waals surface area (Å²) in [6.45, 7) is 1.76.